The summed E-state index contributed by atoms with van der Waals surface area (Å²) in [6, 6.07) is 8.68. The van der Waals surface area contributed by atoms with Gasteiger partial charge in [0.15, 0.2) is 0 Å². The highest BCUT2D eigenvalue weighted by Gasteiger charge is 2.34. The van der Waals surface area contributed by atoms with Gasteiger partial charge in [0.1, 0.15) is 17.3 Å². The van der Waals surface area contributed by atoms with E-state index in [1.165, 1.54) is 18.2 Å². The molecule has 0 aliphatic carbocycles. The smallest absolute Gasteiger partial charge is 0.329 e. The summed E-state index contributed by atoms with van der Waals surface area (Å²) in [6.45, 7) is -0.147. The van der Waals surface area contributed by atoms with Gasteiger partial charge in [-0.2, -0.15) is 0 Å². The second-order valence-electron chi connectivity index (χ2n) is 5.30. The lowest BCUT2D eigenvalue weighted by molar-refractivity contribution is -0.123. The number of benzene rings is 2. The molecule has 2 aromatic rings. The molecular formula is C17H11BrFIN2O3. The normalized spacial score (nSPS) is 15.8. The Labute approximate surface area is 164 Å². The predicted octanol–water partition coefficient (Wildman–Crippen LogP) is 3.99. The van der Waals surface area contributed by atoms with E-state index in [2.05, 4.69) is 21.2 Å². The number of carbonyl (C=O) groups excluding carboxylic acids is 2. The summed E-state index contributed by atoms with van der Waals surface area (Å²) in [5, 5.41) is 12.3. The number of hydrogen-bond donors (Lipinski definition) is 2. The fourth-order valence-corrected chi connectivity index (χ4v) is 3.85. The number of imide groups is 1. The molecule has 1 fully saturated rings. The molecule has 8 heteroatoms. The predicted molar refractivity (Wildman–Crippen MR) is 102 cm³/mol. The zero-order valence-electron chi connectivity index (χ0n) is 12.6. The van der Waals surface area contributed by atoms with Gasteiger partial charge in [-0.1, -0.05) is 18.2 Å². The highest BCUT2D eigenvalue weighted by molar-refractivity contribution is 14.1. The number of hydrogen-bond acceptors (Lipinski definition) is 3. The lowest BCUT2D eigenvalue weighted by atomic mass is 10.1. The Morgan fingerprint density at radius 3 is 2.68 bits per heavy atom. The monoisotopic (exact) mass is 516 g/mol. The first-order chi connectivity index (χ1) is 11.9. The molecule has 2 aromatic carbocycles. The number of amides is 3. The van der Waals surface area contributed by atoms with Crippen molar-refractivity contribution in [3.63, 3.8) is 0 Å². The maximum absolute atomic E-state index is 13.8. The minimum absolute atomic E-state index is 0.0923. The summed E-state index contributed by atoms with van der Waals surface area (Å²) < 4.78 is 14.8. The Bertz CT molecular complexity index is 894. The van der Waals surface area contributed by atoms with Gasteiger partial charge >= 0.3 is 6.03 Å². The highest BCUT2D eigenvalue weighted by Crippen LogP contribution is 2.31. The Kier molecular flexibility index (Phi) is 5.09. The van der Waals surface area contributed by atoms with Crippen LogP contribution >= 0.6 is 38.5 Å². The Hall–Kier alpha value is -1.94. The third kappa shape index (κ3) is 3.69. The van der Waals surface area contributed by atoms with Gasteiger partial charge in [0, 0.05) is 5.56 Å². The standard InChI is InChI=1S/C17H11BrFIN2O3/c18-11-5-9(6-13(20)15(11)23)7-14-16(24)22(17(25)21-14)8-10-3-1-2-4-12(10)19/h1-7,23H,8H2,(H,21,25)/b14-7+. The van der Waals surface area contributed by atoms with Crippen molar-refractivity contribution in [2.24, 2.45) is 0 Å². The van der Waals surface area contributed by atoms with Crippen LogP contribution in [0.4, 0.5) is 9.18 Å². The van der Waals surface area contributed by atoms with E-state index in [1.54, 1.807) is 24.3 Å². The van der Waals surface area contributed by atoms with Crippen LogP contribution in [0.1, 0.15) is 11.1 Å². The number of phenols is 1. The number of nitrogens with zero attached hydrogens (tertiary/aromatic N) is 1. The maximum atomic E-state index is 13.8. The van der Waals surface area contributed by atoms with Crippen molar-refractivity contribution in [3.8, 4) is 5.75 Å². The van der Waals surface area contributed by atoms with Crippen molar-refractivity contribution in [1.29, 1.82) is 0 Å². The van der Waals surface area contributed by atoms with E-state index in [0.29, 0.717) is 13.6 Å². The van der Waals surface area contributed by atoms with Crippen molar-refractivity contribution < 1.29 is 19.1 Å². The molecule has 3 amide bonds. The first-order valence-electron chi connectivity index (χ1n) is 7.13. The molecular weight excluding hydrogens is 506 g/mol. The van der Waals surface area contributed by atoms with Gasteiger partial charge in [0.2, 0.25) is 0 Å². The van der Waals surface area contributed by atoms with E-state index in [-0.39, 0.29) is 23.6 Å². The molecule has 1 aliphatic heterocycles. The molecule has 1 saturated heterocycles. The molecule has 3 rings (SSSR count). The van der Waals surface area contributed by atoms with Crippen LogP contribution in [0.5, 0.6) is 5.75 Å². The van der Waals surface area contributed by atoms with Gasteiger partial charge in [-0.25, -0.2) is 9.18 Å². The summed E-state index contributed by atoms with van der Waals surface area (Å²) in [6.07, 6.45) is 1.51. The highest BCUT2D eigenvalue weighted by atomic mass is 127. The molecule has 0 spiro atoms. The van der Waals surface area contributed by atoms with Crippen LogP contribution in [0.15, 0.2) is 46.6 Å². The summed E-state index contributed by atoms with van der Waals surface area (Å²) >= 11 is 5.19. The fraction of sp³-hybridized carbons (Fsp3) is 0.0588. The molecule has 0 bridgehead atoms. The van der Waals surface area contributed by atoms with Crippen LogP contribution in [0, 0.1) is 9.39 Å². The summed E-state index contributed by atoms with van der Waals surface area (Å²) in [4.78, 5) is 25.5. The molecule has 0 atom stereocenters. The van der Waals surface area contributed by atoms with E-state index >= 15 is 0 Å². The third-order valence-electron chi connectivity index (χ3n) is 3.60. The van der Waals surface area contributed by atoms with Gasteiger partial charge in [0.25, 0.3) is 5.91 Å². The van der Waals surface area contributed by atoms with Crippen molar-refractivity contribution in [1.82, 2.24) is 10.2 Å². The number of carbonyl (C=O) groups is 2. The molecule has 0 aromatic heterocycles. The minimum Gasteiger partial charge on any atom is -0.506 e. The van der Waals surface area contributed by atoms with Gasteiger partial charge in [-0.05, 0) is 68.4 Å². The maximum Gasteiger partial charge on any atom is 0.329 e. The molecule has 25 heavy (non-hydrogen) atoms. The van der Waals surface area contributed by atoms with Crippen molar-refractivity contribution in [3.05, 3.63) is 67.1 Å². The van der Waals surface area contributed by atoms with Gasteiger partial charge in [0.05, 0.1) is 14.6 Å². The zero-order chi connectivity index (χ0) is 18.1. The van der Waals surface area contributed by atoms with E-state index < -0.39 is 17.8 Å². The van der Waals surface area contributed by atoms with E-state index in [9.17, 15) is 19.1 Å². The van der Waals surface area contributed by atoms with Crippen molar-refractivity contribution >= 4 is 56.5 Å². The van der Waals surface area contributed by atoms with Crippen molar-refractivity contribution in [2.45, 2.75) is 6.54 Å². The quantitative estimate of drug-likeness (QED) is 0.368. The largest absolute Gasteiger partial charge is 0.506 e. The van der Waals surface area contributed by atoms with Crippen LogP contribution in [0.2, 0.25) is 0 Å². The summed E-state index contributed by atoms with van der Waals surface area (Å²) in [7, 11) is 0. The second kappa shape index (κ2) is 7.12. The number of rotatable bonds is 3. The number of halogens is 3. The van der Waals surface area contributed by atoms with Crippen LogP contribution in [-0.2, 0) is 11.3 Å². The number of nitrogens with one attached hydrogen (secondary N) is 1. The van der Waals surface area contributed by atoms with Gasteiger partial charge < -0.3 is 10.4 Å². The van der Waals surface area contributed by atoms with Crippen LogP contribution < -0.4 is 5.32 Å². The molecule has 5 nitrogen and oxygen atoms in total. The second-order valence-corrected chi connectivity index (χ2v) is 7.32. The topological polar surface area (TPSA) is 69.6 Å². The lowest BCUT2D eigenvalue weighted by Crippen LogP contribution is -2.30. The molecule has 1 aliphatic rings. The molecule has 2 N–H and O–H groups in total. The molecule has 0 saturated carbocycles. The number of phenolic OH excluding ortho intramolecular Hbond substituents is 1. The Balaban J connectivity index is 1.87. The molecule has 0 unspecified atom stereocenters. The van der Waals surface area contributed by atoms with Gasteiger partial charge in [-0.15, -0.1) is 0 Å². The molecule has 0 radical (unpaired) electrons. The number of aromatic hydroxyl groups is 1. The van der Waals surface area contributed by atoms with Crippen LogP contribution in [0.25, 0.3) is 6.08 Å². The van der Waals surface area contributed by atoms with Crippen LogP contribution in [-0.4, -0.2) is 21.9 Å². The minimum atomic E-state index is -0.605. The SMILES string of the molecule is O=C1N/C(=C/c2cc(Br)c(O)c(I)c2)C(=O)N1Cc1ccccc1F. The summed E-state index contributed by atoms with van der Waals surface area (Å²) in [5.74, 6) is -0.907. The Morgan fingerprint density at radius 2 is 2.00 bits per heavy atom. The van der Waals surface area contributed by atoms with Crippen molar-refractivity contribution in [2.75, 3.05) is 0 Å². The Morgan fingerprint density at radius 1 is 1.28 bits per heavy atom. The van der Waals surface area contributed by atoms with Crippen LogP contribution in [0.3, 0.4) is 0 Å². The first kappa shape index (κ1) is 17.9. The zero-order valence-corrected chi connectivity index (χ0v) is 16.3. The molecule has 1 heterocycles. The third-order valence-corrected chi connectivity index (χ3v) is 5.03. The average molecular weight is 517 g/mol. The first-order valence-corrected chi connectivity index (χ1v) is 9.00. The molecule has 128 valence electrons. The number of urea groups is 1. The van der Waals surface area contributed by atoms with E-state index in [0.717, 1.165) is 4.90 Å². The van der Waals surface area contributed by atoms with E-state index in [1.807, 2.05) is 22.6 Å². The van der Waals surface area contributed by atoms with Gasteiger partial charge in [-0.3, -0.25) is 9.69 Å². The average Bonchev–Trinajstić information content (AvgIpc) is 2.82. The fourth-order valence-electron chi connectivity index (χ4n) is 2.35. The lowest BCUT2D eigenvalue weighted by Gasteiger charge is -2.12. The summed E-state index contributed by atoms with van der Waals surface area (Å²) in [5.41, 5.74) is 0.981. The van der Waals surface area contributed by atoms with E-state index in [4.69, 9.17) is 0 Å².